The molecule has 0 saturated carbocycles. The number of aliphatic hydroxyl groups excluding tert-OH is 2. The van der Waals surface area contributed by atoms with Crippen molar-refractivity contribution in [3.8, 4) is 0 Å². The maximum atomic E-state index is 12.0. The van der Waals surface area contributed by atoms with E-state index in [1.807, 2.05) is 0 Å². The summed E-state index contributed by atoms with van der Waals surface area (Å²) in [6.45, 7) is 7.75. The highest BCUT2D eigenvalue weighted by molar-refractivity contribution is 5.78. The van der Waals surface area contributed by atoms with Gasteiger partial charge in [0.25, 0.3) is 0 Å². The van der Waals surface area contributed by atoms with Crippen LogP contribution in [0, 0.1) is 17.8 Å². The second-order valence-corrected chi connectivity index (χ2v) is 7.21. The summed E-state index contributed by atoms with van der Waals surface area (Å²) in [6.07, 6.45) is 4.43. The number of ketones is 1. The molecule has 2 fully saturated rings. The van der Waals surface area contributed by atoms with Gasteiger partial charge in [-0.05, 0) is 57.5 Å². The molecule has 2 N–H and O–H groups in total. The molecule has 2 aliphatic heterocycles. The van der Waals surface area contributed by atoms with Gasteiger partial charge in [0.05, 0.1) is 0 Å². The number of carbonyl (C=O) groups is 1. The molecule has 0 aromatic carbocycles. The van der Waals surface area contributed by atoms with E-state index in [4.69, 9.17) is 0 Å². The smallest absolute Gasteiger partial charge is 0.135 e. The first-order chi connectivity index (χ1) is 10.6. The zero-order chi connectivity index (χ0) is 15.9. The lowest BCUT2D eigenvalue weighted by Gasteiger charge is -2.37. The van der Waals surface area contributed by atoms with Gasteiger partial charge >= 0.3 is 0 Å². The fraction of sp³-hybridized carbons (Fsp3) is 0.941. The van der Waals surface area contributed by atoms with E-state index in [2.05, 4.69) is 9.80 Å². The van der Waals surface area contributed by atoms with Crippen LogP contribution in [0.4, 0.5) is 0 Å². The van der Waals surface area contributed by atoms with Crippen molar-refractivity contribution in [2.45, 2.75) is 32.6 Å². The molecule has 0 radical (unpaired) electrons. The van der Waals surface area contributed by atoms with E-state index in [-0.39, 0.29) is 24.9 Å². The largest absolute Gasteiger partial charge is 0.396 e. The molecule has 0 amide bonds. The van der Waals surface area contributed by atoms with Gasteiger partial charge < -0.3 is 20.0 Å². The number of likely N-dealkylation sites (tertiary alicyclic amines) is 2. The Morgan fingerprint density at radius 3 is 1.82 bits per heavy atom. The standard InChI is InChI=1S/C17H32N2O3/c1-14(22)17(10-18-6-2-4-15(8-18)12-20)11-19-7-3-5-16(9-19)13-21/h15-17,20-21H,2-13H2,1H3. The third-order valence-electron chi connectivity index (χ3n) is 5.25. The van der Waals surface area contributed by atoms with Crippen LogP contribution < -0.4 is 0 Å². The predicted octanol–water partition coefficient (Wildman–Crippen LogP) is 0.600. The molecule has 22 heavy (non-hydrogen) atoms. The zero-order valence-corrected chi connectivity index (χ0v) is 13.9. The third kappa shape index (κ3) is 5.30. The van der Waals surface area contributed by atoms with Crippen LogP contribution in [0.15, 0.2) is 0 Å². The molecule has 2 saturated heterocycles. The summed E-state index contributed by atoms with van der Waals surface area (Å²) in [7, 11) is 0. The minimum atomic E-state index is 0.0508. The van der Waals surface area contributed by atoms with Crippen LogP contribution in [0.25, 0.3) is 0 Å². The Morgan fingerprint density at radius 2 is 1.45 bits per heavy atom. The van der Waals surface area contributed by atoms with E-state index in [1.54, 1.807) is 6.92 Å². The molecular formula is C17H32N2O3. The van der Waals surface area contributed by atoms with Crippen LogP contribution in [-0.4, -0.2) is 78.3 Å². The van der Waals surface area contributed by atoms with Gasteiger partial charge in [-0.25, -0.2) is 0 Å². The molecule has 2 unspecified atom stereocenters. The Labute approximate surface area is 134 Å². The topological polar surface area (TPSA) is 64.0 Å². The first-order valence-electron chi connectivity index (χ1n) is 8.79. The van der Waals surface area contributed by atoms with E-state index in [1.165, 1.54) is 0 Å². The molecule has 0 aromatic rings. The fourth-order valence-electron chi connectivity index (χ4n) is 3.87. The normalized spacial score (nSPS) is 29.4. The lowest BCUT2D eigenvalue weighted by atomic mass is 9.94. The summed E-state index contributed by atoms with van der Waals surface area (Å²) in [5, 5.41) is 18.7. The van der Waals surface area contributed by atoms with E-state index < -0.39 is 0 Å². The predicted molar refractivity (Wildman–Crippen MR) is 86.7 cm³/mol. The molecule has 5 heteroatoms. The van der Waals surface area contributed by atoms with Crippen molar-refractivity contribution in [2.75, 3.05) is 52.5 Å². The molecule has 2 atom stereocenters. The SMILES string of the molecule is CC(=O)C(CN1CCCC(CO)C1)CN1CCCC(CO)C1. The number of hydrogen-bond acceptors (Lipinski definition) is 5. The maximum Gasteiger partial charge on any atom is 0.135 e. The third-order valence-corrected chi connectivity index (χ3v) is 5.25. The lowest BCUT2D eigenvalue weighted by Crippen LogP contribution is -2.46. The van der Waals surface area contributed by atoms with Gasteiger partial charge in [-0.15, -0.1) is 0 Å². The summed E-state index contributed by atoms with van der Waals surface area (Å²) in [5.74, 6) is 1.05. The minimum Gasteiger partial charge on any atom is -0.396 e. The Hall–Kier alpha value is -0.490. The van der Waals surface area contributed by atoms with Crippen LogP contribution in [-0.2, 0) is 4.79 Å². The second-order valence-electron chi connectivity index (χ2n) is 7.21. The van der Waals surface area contributed by atoms with Crippen LogP contribution in [0.5, 0.6) is 0 Å². The highest BCUT2D eigenvalue weighted by Crippen LogP contribution is 2.20. The second kappa shape index (κ2) is 8.96. The van der Waals surface area contributed by atoms with Crippen LogP contribution in [0.3, 0.4) is 0 Å². The summed E-state index contributed by atoms with van der Waals surface area (Å²) >= 11 is 0. The maximum absolute atomic E-state index is 12.0. The quantitative estimate of drug-likeness (QED) is 0.721. The molecule has 2 aliphatic rings. The first-order valence-corrected chi connectivity index (χ1v) is 8.79. The van der Waals surface area contributed by atoms with E-state index in [9.17, 15) is 15.0 Å². The molecule has 5 nitrogen and oxygen atoms in total. The Morgan fingerprint density at radius 1 is 1.00 bits per heavy atom. The highest BCUT2D eigenvalue weighted by atomic mass is 16.3. The Bertz CT molecular complexity index is 325. The first kappa shape index (κ1) is 17.9. The van der Waals surface area contributed by atoms with Gasteiger partial charge in [0.1, 0.15) is 5.78 Å². The zero-order valence-electron chi connectivity index (χ0n) is 13.9. The summed E-state index contributed by atoms with van der Waals surface area (Å²) < 4.78 is 0. The molecule has 0 aliphatic carbocycles. The van der Waals surface area contributed by atoms with E-state index in [0.717, 1.165) is 65.0 Å². The van der Waals surface area contributed by atoms with Crippen molar-refractivity contribution in [3.63, 3.8) is 0 Å². The van der Waals surface area contributed by atoms with Gasteiger partial charge in [0.2, 0.25) is 0 Å². The van der Waals surface area contributed by atoms with Gasteiger partial charge in [-0.1, -0.05) is 0 Å². The van der Waals surface area contributed by atoms with Gasteiger partial charge in [0, 0.05) is 45.3 Å². The van der Waals surface area contributed by atoms with Crippen LogP contribution >= 0.6 is 0 Å². The van der Waals surface area contributed by atoms with Crippen LogP contribution in [0.1, 0.15) is 32.6 Å². The monoisotopic (exact) mass is 312 g/mol. The van der Waals surface area contributed by atoms with Crippen molar-refractivity contribution in [2.24, 2.45) is 17.8 Å². The van der Waals surface area contributed by atoms with Crippen molar-refractivity contribution < 1.29 is 15.0 Å². The fourth-order valence-corrected chi connectivity index (χ4v) is 3.87. The molecule has 2 heterocycles. The number of piperidine rings is 2. The van der Waals surface area contributed by atoms with Crippen molar-refractivity contribution in [1.82, 2.24) is 9.80 Å². The van der Waals surface area contributed by atoms with Crippen molar-refractivity contribution in [3.05, 3.63) is 0 Å². The average Bonchev–Trinajstić information content (AvgIpc) is 2.54. The lowest BCUT2D eigenvalue weighted by molar-refractivity contribution is -0.122. The summed E-state index contributed by atoms with van der Waals surface area (Å²) in [4.78, 5) is 16.7. The van der Waals surface area contributed by atoms with E-state index >= 15 is 0 Å². The van der Waals surface area contributed by atoms with Gasteiger partial charge in [-0.3, -0.25) is 4.79 Å². The highest BCUT2D eigenvalue weighted by Gasteiger charge is 2.27. The Balaban J connectivity index is 1.85. The number of Topliss-reactive ketones (excluding diaryl/α,β-unsaturated/α-hetero) is 1. The number of rotatable bonds is 7. The molecule has 0 spiro atoms. The van der Waals surface area contributed by atoms with Crippen LogP contribution in [0.2, 0.25) is 0 Å². The Kier molecular flexibility index (Phi) is 7.28. The number of aliphatic hydroxyl groups is 2. The summed E-state index contributed by atoms with van der Waals surface area (Å²) in [6, 6.07) is 0. The van der Waals surface area contributed by atoms with Gasteiger partial charge in [0.15, 0.2) is 0 Å². The molecule has 0 aromatic heterocycles. The molecule has 2 rings (SSSR count). The molecular weight excluding hydrogens is 280 g/mol. The number of hydrogen-bond donors (Lipinski definition) is 2. The average molecular weight is 312 g/mol. The van der Waals surface area contributed by atoms with Crippen molar-refractivity contribution in [1.29, 1.82) is 0 Å². The summed E-state index contributed by atoms with van der Waals surface area (Å²) in [5.41, 5.74) is 0. The minimum absolute atomic E-state index is 0.0508. The van der Waals surface area contributed by atoms with Crippen molar-refractivity contribution >= 4 is 5.78 Å². The van der Waals surface area contributed by atoms with E-state index in [0.29, 0.717) is 11.8 Å². The molecule has 0 bridgehead atoms. The molecule has 128 valence electrons. The number of carbonyl (C=O) groups excluding carboxylic acids is 1. The van der Waals surface area contributed by atoms with Gasteiger partial charge in [-0.2, -0.15) is 0 Å². The number of nitrogens with zero attached hydrogens (tertiary/aromatic N) is 2.